The van der Waals surface area contributed by atoms with E-state index in [2.05, 4.69) is 12.2 Å². The van der Waals surface area contributed by atoms with Gasteiger partial charge in [-0.3, -0.25) is 0 Å². The number of nitrogens with two attached hydrogens (primary N) is 1. The molecule has 2 nitrogen and oxygen atoms in total. The van der Waals surface area contributed by atoms with Crippen molar-refractivity contribution in [2.75, 3.05) is 19.6 Å². The molecule has 0 aromatic rings. The van der Waals surface area contributed by atoms with Gasteiger partial charge in [0, 0.05) is 0 Å². The second-order valence-electron chi connectivity index (χ2n) is 6.84. The van der Waals surface area contributed by atoms with Crippen LogP contribution >= 0.6 is 0 Å². The van der Waals surface area contributed by atoms with Crippen molar-refractivity contribution in [3.63, 3.8) is 0 Å². The molecule has 0 aliphatic heterocycles. The Morgan fingerprint density at radius 2 is 0.864 bits per heavy atom. The third kappa shape index (κ3) is 19.9. The van der Waals surface area contributed by atoms with Crippen molar-refractivity contribution in [3.8, 4) is 0 Å². The van der Waals surface area contributed by atoms with Gasteiger partial charge in [0.1, 0.15) is 0 Å². The number of unbranched alkanes of at least 4 members (excludes halogenated alkanes) is 14. The van der Waals surface area contributed by atoms with Crippen LogP contribution < -0.4 is 11.1 Å². The topological polar surface area (TPSA) is 38.0 Å². The first kappa shape index (κ1) is 21.9. The van der Waals surface area contributed by atoms with Gasteiger partial charge in [0.05, 0.1) is 0 Å². The van der Waals surface area contributed by atoms with Gasteiger partial charge in [-0.1, -0.05) is 90.4 Å². The second kappa shape index (κ2) is 20.9. The Morgan fingerprint density at radius 3 is 1.27 bits per heavy atom. The molecular weight excluding hydrogens is 268 g/mol. The lowest BCUT2D eigenvalue weighted by molar-refractivity contribution is 0.531. The van der Waals surface area contributed by atoms with Crippen molar-refractivity contribution < 1.29 is 0 Å². The SMILES string of the molecule is CCCCCCCCCCCNCCCCCCCCCN. The molecule has 2 heteroatoms. The van der Waals surface area contributed by atoms with Gasteiger partial charge in [-0.25, -0.2) is 0 Å². The predicted molar refractivity (Wildman–Crippen MR) is 101 cm³/mol. The molecule has 0 rings (SSSR count). The average molecular weight is 313 g/mol. The number of nitrogens with one attached hydrogen (secondary N) is 1. The Bertz CT molecular complexity index is 163. The summed E-state index contributed by atoms with van der Waals surface area (Å²) in [6, 6.07) is 0. The Kier molecular flexibility index (Phi) is 20.8. The van der Waals surface area contributed by atoms with Gasteiger partial charge in [-0.2, -0.15) is 0 Å². The Morgan fingerprint density at radius 1 is 0.500 bits per heavy atom. The highest BCUT2D eigenvalue weighted by atomic mass is 14.8. The molecule has 0 aliphatic carbocycles. The number of hydrogen-bond donors (Lipinski definition) is 2. The molecule has 0 amide bonds. The molecule has 0 saturated heterocycles. The first-order valence-corrected chi connectivity index (χ1v) is 10.3. The number of hydrogen-bond acceptors (Lipinski definition) is 2. The average Bonchev–Trinajstić information content (AvgIpc) is 2.54. The zero-order chi connectivity index (χ0) is 16.1. The van der Waals surface area contributed by atoms with Gasteiger partial charge in [-0.15, -0.1) is 0 Å². The van der Waals surface area contributed by atoms with E-state index in [4.69, 9.17) is 5.73 Å². The van der Waals surface area contributed by atoms with E-state index in [0.717, 1.165) is 6.54 Å². The van der Waals surface area contributed by atoms with Crippen molar-refractivity contribution in [1.29, 1.82) is 0 Å². The van der Waals surface area contributed by atoms with E-state index in [1.807, 2.05) is 0 Å². The van der Waals surface area contributed by atoms with Crippen LogP contribution in [0.15, 0.2) is 0 Å². The third-order valence-electron chi connectivity index (χ3n) is 4.51. The van der Waals surface area contributed by atoms with Gasteiger partial charge in [0.25, 0.3) is 0 Å². The molecule has 0 unspecified atom stereocenters. The lowest BCUT2D eigenvalue weighted by atomic mass is 10.1. The zero-order valence-corrected chi connectivity index (χ0v) is 15.5. The summed E-state index contributed by atoms with van der Waals surface area (Å²) in [4.78, 5) is 0. The Balaban J connectivity index is 2.91. The van der Waals surface area contributed by atoms with Gasteiger partial charge >= 0.3 is 0 Å². The van der Waals surface area contributed by atoms with Crippen molar-refractivity contribution in [3.05, 3.63) is 0 Å². The van der Waals surface area contributed by atoms with E-state index in [9.17, 15) is 0 Å². The predicted octanol–water partition coefficient (Wildman–Crippen LogP) is 5.80. The fourth-order valence-electron chi connectivity index (χ4n) is 2.96. The first-order chi connectivity index (χ1) is 10.9. The molecule has 0 spiro atoms. The normalized spacial score (nSPS) is 11.2. The molecule has 0 heterocycles. The summed E-state index contributed by atoms with van der Waals surface area (Å²) < 4.78 is 0. The first-order valence-electron chi connectivity index (χ1n) is 10.3. The zero-order valence-electron chi connectivity index (χ0n) is 15.5. The lowest BCUT2D eigenvalue weighted by Gasteiger charge is -2.05. The van der Waals surface area contributed by atoms with Crippen molar-refractivity contribution in [2.45, 2.75) is 110 Å². The summed E-state index contributed by atoms with van der Waals surface area (Å²) in [6.45, 7) is 5.60. The van der Waals surface area contributed by atoms with E-state index in [-0.39, 0.29) is 0 Å². The van der Waals surface area contributed by atoms with Crippen molar-refractivity contribution >= 4 is 0 Å². The molecule has 22 heavy (non-hydrogen) atoms. The maximum Gasteiger partial charge on any atom is -0.00489 e. The molecule has 0 atom stereocenters. The maximum absolute atomic E-state index is 5.49. The van der Waals surface area contributed by atoms with E-state index < -0.39 is 0 Å². The van der Waals surface area contributed by atoms with Gasteiger partial charge in [-0.05, 0) is 38.9 Å². The summed E-state index contributed by atoms with van der Waals surface area (Å²) in [5.41, 5.74) is 5.49. The minimum absolute atomic E-state index is 0.864. The van der Waals surface area contributed by atoms with E-state index in [1.165, 1.54) is 116 Å². The largest absolute Gasteiger partial charge is 0.330 e. The standard InChI is InChI=1S/C20H44N2/c1-2-3-4-5-6-7-10-13-16-19-22-20-17-14-11-8-9-12-15-18-21/h22H,2-21H2,1H3. The fourth-order valence-corrected chi connectivity index (χ4v) is 2.96. The molecule has 0 saturated carbocycles. The smallest absolute Gasteiger partial charge is 0.00489 e. The fraction of sp³-hybridized carbons (Fsp3) is 1.00. The van der Waals surface area contributed by atoms with E-state index >= 15 is 0 Å². The molecule has 0 radical (unpaired) electrons. The molecule has 134 valence electrons. The minimum atomic E-state index is 0.864. The van der Waals surface area contributed by atoms with E-state index in [1.54, 1.807) is 0 Å². The maximum atomic E-state index is 5.49. The van der Waals surface area contributed by atoms with Gasteiger partial charge in [0.2, 0.25) is 0 Å². The molecule has 3 N–H and O–H groups in total. The molecule has 0 aromatic heterocycles. The minimum Gasteiger partial charge on any atom is -0.330 e. The van der Waals surface area contributed by atoms with Crippen LogP contribution in [0.2, 0.25) is 0 Å². The highest BCUT2D eigenvalue weighted by Gasteiger charge is 1.94. The van der Waals surface area contributed by atoms with Crippen LogP contribution in [0.25, 0.3) is 0 Å². The third-order valence-corrected chi connectivity index (χ3v) is 4.51. The summed E-state index contributed by atoms with van der Waals surface area (Å²) in [5.74, 6) is 0. The highest BCUT2D eigenvalue weighted by molar-refractivity contribution is 4.52. The number of rotatable bonds is 19. The Labute approximate surface area is 141 Å². The van der Waals surface area contributed by atoms with Crippen LogP contribution in [-0.4, -0.2) is 19.6 Å². The van der Waals surface area contributed by atoms with Crippen LogP contribution in [0.4, 0.5) is 0 Å². The molecule has 0 fully saturated rings. The highest BCUT2D eigenvalue weighted by Crippen LogP contribution is 2.09. The van der Waals surface area contributed by atoms with Crippen molar-refractivity contribution in [2.24, 2.45) is 5.73 Å². The summed E-state index contributed by atoms with van der Waals surface area (Å²) >= 11 is 0. The van der Waals surface area contributed by atoms with Crippen molar-refractivity contribution in [1.82, 2.24) is 5.32 Å². The molecule has 0 aromatic carbocycles. The van der Waals surface area contributed by atoms with Crippen LogP contribution in [0, 0.1) is 0 Å². The Hall–Kier alpha value is -0.0800. The van der Waals surface area contributed by atoms with Crippen LogP contribution in [0.3, 0.4) is 0 Å². The lowest BCUT2D eigenvalue weighted by Crippen LogP contribution is -2.16. The summed E-state index contributed by atoms with van der Waals surface area (Å²) in [7, 11) is 0. The van der Waals surface area contributed by atoms with Crippen LogP contribution in [-0.2, 0) is 0 Å². The van der Waals surface area contributed by atoms with Crippen LogP contribution in [0.5, 0.6) is 0 Å². The summed E-state index contributed by atoms with van der Waals surface area (Å²) in [5, 5.41) is 3.60. The van der Waals surface area contributed by atoms with Gasteiger partial charge in [0.15, 0.2) is 0 Å². The quantitative estimate of drug-likeness (QED) is 0.296. The monoisotopic (exact) mass is 312 g/mol. The van der Waals surface area contributed by atoms with Gasteiger partial charge < -0.3 is 11.1 Å². The molecule has 0 aliphatic rings. The molecular formula is C20H44N2. The molecule has 0 bridgehead atoms. The second-order valence-corrected chi connectivity index (χ2v) is 6.84. The van der Waals surface area contributed by atoms with Crippen LogP contribution in [0.1, 0.15) is 110 Å². The van der Waals surface area contributed by atoms with E-state index in [0.29, 0.717) is 0 Å². The summed E-state index contributed by atoms with van der Waals surface area (Å²) in [6.07, 6.45) is 22.3.